The summed E-state index contributed by atoms with van der Waals surface area (Å²) in [6, 6.07) is 12.2. The fourth-order valence-electron chi connectivity index (χ4n) is 3.18. The molecular formula is C23H24N4O5S. The van der Waals surface area contributed by atoms with Crippen LogP contribution in [0.15, 0.2) is 47.6 Å². The van der Waals surface area contributed by atoms with E-state index in [0.717, 1.165) is 17.0 Å². The third-order valence-corrected chi connectivity index (χ3v) is 5.73. The second-order valence-electron chi connectivity index (χ2n) is 7.00. The predicted octanol–water partition coefficient (Wildman–Crippen LogP) is 3.58. The van der Waals surface area contributed by atoms with Gasteiger partial charge in [-0.25, -0.2) is 9.59 Å². The molecule has 0 aliphatic heterocycles. The summed E-state index contributed by atoms with van der Waals surface area (Å²) in [5, 5.41) is 11.8. The Morgan fingerprint density at radius 3 is 2.45 bits per heavy atom. The zero-order valence-electron chi connectivity index (χ0n) is 18.7. The van der Waals surface area contributed by atoms with Crippen molar-refractivity contribution in [1.29, 1.82) is 0 Å². The summed E-state index contributed by atoms with van der Waals surface area (Å²) in [6.45, 7) is 4.62. The maximum absolute atomic E-state index is 12.7. The molecule has 1 heterocycles. The number of amides is 1. The smallest absolute Gasteiger partial charge is 0.339 e. The number of aromatic nitrogens is 3. The number of anilines is 1. The van der Waals surface area contributed by atoms with E-state index >= 15 is 0 Å². The zero-order chi connectivity index (χ0) is 24.0. The maximum Gasteiger partial charge on any atom is 0.339 e. The van der Waals surface area contributed by atoms with Gasteiger partial charge in [0, 0.05) is 12.1 Å². The van der Waals surface area contributed by atoms with Crippen LogP contribution in [0.25, 0.3) is 11.4 Å². The monoisotopic (exact) mass is 468 g/mol. The molecule has 9 nitrogen and oxygen atoms in total. The van der Waals surface area contributed by atoms with Crippen molar-refractivity contribution in [3.8, 4) is 11.4 Å². The Bertz CT molecular complexity index is 1190. The summed E-state index contributed by atoms with van der Waals surface area (Å²) in [7, 11) is 2.49. The Labute approximate surface area is 195 Å². The third-order valence-electron chi connectivity index (χ3n) is 4.76. The van der Waals surface area contributed by atoms with Crippen LogP contribution in [0.5, 0.6) is 0 Å². The van der Waals surface area contributed by atoms with Crippen molar-refractivity contribution >= 4 is 35.3 Å². The lowest BCUT2D eigenvalue weighted by Gasteiger charge is -2.12. The number of carbonyl (C=O) groups is 3. The van der Waals surface area contributed by atoms with E-state index < -0.39 is 11.9 Å². The van der Waals surface area contributed by atoms with Crippen LogP contribution in [0.2, 0.25) is 0 Å². The Morgan fingerprint density at radius 1 is 1.03 bits per heavy atom. The van der Waals surface area contributed by atoms with Crippen molar-refractivity contribution in [3.63, 3.8) is 0 Å². The molecule has 0 aliphatic rings. The molecule has 3 rings (SSSR count). The van der Waals surface area contributed by atoms with Crippen LogP contribution < -0.4 is 5.32 Å². The fourth-order valence-corrected chi connectivity index (χ4v) is 3.98. The van der Waals surface area contributed by atoms with E-state index in [2.05, 4.69) is 15.5 Å². The molecule has 0 aliphatic carbocycles. The first-order valence-corrected chi connectivity index (χ1v) is 11.1. The minimum absolute atomic E-state index is 0.0228. The van der Waals surface area contributed by atoms with Gasteiger partial charge in [-0.1, -0.05) is 35.5 Å². The lowest BCUT2D eigenvalue weighted by molar-refractivity contribution is -0.113. The summed E-state index contributed by atoms with van der Waals surface area (Å²) in [5.74, 6) is -0.855. The Balaban J connectivity index is 1.77. The summed E-state index contributed by atoms with van der Waals surface area (Å²) < 4.78 is 11.4. The van der Waals surface area contributed by atoms with Crippen LogP contribution in [-0.4, -0.2) is 52.6 Å². The van der Waals surface area contributed by atoms with Gasteiger partial charge in [-0.05, 0) is 38.1 Å². The van der Waals surface area contributed by atoms with Gasteiger partial charge in [-0.2, -0.15) is 0 Å². The van der Waals surface area contributed by atoms with Crippen molar-refractivity contribution in [2.45, 2.75) is 25.5 Å². The average Bonchev–Trinajstić information content (AvgIpc) is 3.24. The fraction of sp³-hybridized carbons (Fsp3) is 0.261. The summed E-state index contributed by atoms with van der Waals surface area (Å²) >= 11 is 1.22. The van der Waals surface area contributed by atoms with E-state index in [4.69, 9.17) is 9.47 Å². The number of aryl methyl sites for hydroxylation is 1. The highest BCUT2D eigenvalue weighted by Crippen LogP contribution is 2.25. The number of nitrogens with one attached hydrogen (secondary N) is 1. The van der Waals surface area contributed by atoms with Gasteiger partial charge in [0.1, 0.15) is 0 Å². The van der Waals surface area contributed by atoms with Gasteiger partial charge in [0.05, 0.1) is 36.8 Å². The molecular weight excluding hydrogens is 444 g/mol. The molecule has 0 unspecified atom stereocenters. The van der Waals surface area contributed by atoms with Crippen LogP contribution in [0.1, 0.15) is 33.2 Å². The highest BCUT2D eigenvalue weighted by molar-refractivity contribution is 7.99. The number of benzene rings is 2. The molecule has 0 saturated carbocycles. The number of carbonyl (C=O) groups excluding carboxylic acids is 3. The van der Waals surface area contributed by atoms with E-state index in [1.165, 1.54) is 44.2 Å². The number of hydrogen-bond donors (Lipinski definition) is 1. The molecule has 1 aromatic heterocycles. The van der Waals surface area contributed by atoms with Crippen molar-refractivity contribution in [2.75, 3.05) is 25.3 Å². The second kappa shape index (κ2) is 10.8. The molecule has 1 amide bonds. The molecule has 2 aromatic carbocycles. The van der Waals surface area contributed by atoms with Crippen molar-refractivity contribution in [3.05, 3.63) is 59.2 Å². The van der Waals surface area contributed by atoms with Crippen LogP contribution in [0.3, 0.4) is 0 Å². The zero-order valence-corrected chi connectivity index (χ0v) is 19.6. The van der Waals surface area contributed by atoms with Crippen LogP contribution >= 0.6 is 11.8 Å². The molecule has 0 spiro atoms. The largest absolute Gasteiger partial charge is 0.465 e. The lowest BCUT2D eigenvalue weighted by Crippen LogP contribution is -2.18. The van der Waals surface area contributed by atoms with Gasteiger partial charge in [-0.3, -0.25) is 4.79 Å². The lowest BCUT2D eigenvalue weighted by atomic mass is 10.1. The molecule has 33 heavy (non-hydrogen) atoms. The number of methoxy groups -OCH3 is 2. The Kier molecular flexibility index (Phi) is 7.83. The molecule has 3 aromatic rings. The van der Waals surface area contributed by atoms with Gasteiger partial charge < -0.3 is 19.4 Å². The van der Waals surface area contributed by atoms with Gasteiger partial charge in [0.25, 0.3) is 0 Å². The number of thioether (sulfide) groups is 1. The molecule has 10 heteroatoms. The first-order valence-electron chi connectivity index (χ1n) is 10.1. The Morgan fingerprint density at radius 2 is 1.79 bits per heavy atom. The number of nitrogens with zero attached hydrogens (tertiary/aromatic N) is 3. The SMILES string of the molecule is CCn1c(SCC(=O)Nc2cc(C(=O)OC)ccc2C(=O)OC)nnc1-c1cccc(C)c1. The minimum Gasteiger partial charge on any atom is -0.465 e. The summed E-state index contributed by atoms with van der Waals surface area (Å²) in [6.07, 6.45) is 0. The second-order valence-corrected chi connectivity index (χ2v) is 7.94. The summed E-state index contributed by atoms with van der Waals surface area (Å²) in [5.41, 5.74) is 2.54. The normalized spacial score (nSPS) is 10.5. The molecule has 0 saturated heterocycles. The highest BCUT2D eigenvalue weighted by Gasteiger charge is 2.19. The van der Waals surface area contributed by atoms with Gasteiger partial charge in [-0.15, -0.1) is 10.2 Å². The number of esters is 2. The van der Waals surface area contributed by atoms with Crippen LogP contribution in [0, 0.1) is 6.92 Å². The first kappa shape index (κ1) is 24.0. The average molecular weight is 469 g/mol. The summed E-state index contributed by atoms with van der Waals surface area (Å²) in [4.78, 5) is 36.6. The molecule has 172 valence electrons. The Hall–Kier alpha value is -3.66. The van der Waals surface area contributed by atoms with E-state index in [9.17, 15) is 14.4 Å². The standard InChI is InChI=1S/C23H24N4O5S/c1-5-27-20(15-8-6-7-14(2)11-15)25-26-23(27)33-13-19(28)24-18-12-16(21(29)31-3)9-10-17(18)22(30)32-4/h6-12H,5,13H2,1-4H3,(H,24,28). The number of rotatable bonds is 8. The van der Waals surface area contributed by atoms with Crippen molar-refractivity contribution < 1.29 is 23.9 Å². The quantitative estimate of drug-likeness (QED) is 0.394. The molecule has 0 bridgehead atoms. The van der Waals surface area contributed by atoms with Crippen molar-refractivity contribution in [2.24, 2.45) is 0 Å². The highest BCUT2D eigenvalue weighted by atomic mass is 32.2. The van der Waals surface area contributed by atoms with Crippen molar-refractivity contribution in [1.82, 2.24) is 14.8 Å². The van der Waals surface area contributed by atoms with E-state index in [1.54, 1.807) is 0 Å². The van der Waals surface area contributed by atoms with Gasteiger partial charge in [0.15, 0.2) is 11.0 Å². The number of ether oxygens (including phenoxy) is 2. The molecule has 0 atom stereocenters. The van der Waals surface area contributed by atoms with Crippen LogP contribution in [-0.2, 0) is 20.8 Å². The van der Waals surface area contributed by atoms with E-state index in [1.807, 2.05) is 42.7 Å². The molecule has 0 fully saturated rings. The predicted molar refractivity (Wildman–Crippen MR) is 124 cm³/mol. The molecule has 0 radical (unpaired) electrons. The van der Waals surface area contributed by atoms with Gasteiger partial charge in [0.2, 0.25) is 5.91 Å². The van der Waals surface area contributed by atoms with Crippen LogP contribution in [0.4, 0.5) is 5.69 Å². The molecule has 1 N–H and O–H groups in total. The van der Waals surface area contributed by atoms with Gasteiger partial charge >= 0.3 is 11.9 Å². The van der Waals surface area contributed by atoms with E-state index in [-0.39, 0.29) is 28.5 Å². The topological polar surface area (TPSA) is 112 Å². The van der Waals surface area contributed by atoms with E-state index in [0.29, 0.717) is 11.7 Å². The maximum atomic E-state index is 12.7. The minimum atomic E-state index is -0.636. The number of hydrogen-bond acceptors (Lipinski definition) is 8. The third kappa shape index (κ3) is 5.58. The first-order chi connectivity index (χ1) is 15.9.